The number of hydrogen-bond acceptors (Lipinski definition) is 3. The van der Waals surface area contributed by atoms with E-state index in [2.05, 4.69) is 11.8 Å². The van der Waals surface area contributed by atoms with Crippen molar-refractivity contribution in [1.82, 2.24) is 9.80 Å². The van der Waals surface area contributed by atoms with Crippen molar-refractivity contribution in [2.75, 3.05) is 32.7 Å². The van der Waals surface area contributed by atoms with Crippen LogP contribution in [0.15, 0.2) is 48.5 Å². The van der Waals surface area contributed by atoms with E-state index in [1.54, 1.807) is 0 Å². The summed E-state index contributed by atoms with van der Waals surface area (Å²) in [6.07, 6.45) is 0.946. The number of halogens is 2. The van der Waals surface area contributed by atoms with Gasteiger partial charge in [0.15, 0.2) is 0 Å². The zero-order valence-corrected chi connectivity index (χ0v) is 19.7. The molecule has 5 atom stereocenters. The number of benzene rings is 2. The van der Waals surface area contributed by atoms with Crippen molar-refractivity contribution in [3.8, 4) is 0 Å². The fourth-order valence-electron chi connectivity index (χ4n) is 5.94. The van der Waals surface area contributed by atoms with Crippen LogP contribution in [0.25, 0.3) is 0 Å². The van der Waals surface area contributed by atoms with Gasteiger partial charge in [-0.05, 0) is 30.2 Å². The molecule has 2 aromatic rings. The molecule has 0 aromatic heterocycles. The van der Waals surface area contributed by atoms with Crippen molar-refractivity contribution in [2.45, 2.75) is 38.7 Å². The summed E-state index contributed by atoms with van der Waals surface area (Å²) in [4.78, 5) is 17.8. The van der Waals surface area contributed by atoms with Crippen LogP contribution >= 0.6 is 0 Å². The Hall–Kier alpha value is -2.31. The molecule has 2 aliphatic heterocycles. The van der Waals surface area contributed by atoms with Crippen molar-refractivity contribution in [1.29, 1.82) is 0 Å². The summed E-state index contributed by atoms with van der Waals surface area (Å²) in [6, 6.07) is 13.3. The monoisotopic (exact) mass is 456 g/mol. The number of nitrogens with zero attached hydrogens (tertiary/aromatic N) is 2. The molecule has 0 saturated carbocycles. The predicted molar refractivity (Wildman–Crippen MR) is 125 cm³/mol. The lowest BCUT2D eigenvalue weighted by atomic mass is 9.70. The Morgan fingerprint density at radius 2 is 1.70 bits per heavy atom. The number of carbonyl (C=O) groups is 1. The summed E-state index contributed by atoms with van der Waals surface area (Å²) in [7, 11) is 0. The predicted octanol–water partition coefficient (Wildman–Crippen LogP) is 4.39. The third kappa shape index (κ3) is 4.43. The molecule has 4 nitrogen and oxygen atoms in total. The zero-order chi connectivity index (χ0) is 23.8. The van der Waals surface area contributed by atoms with Gasteiger partial charge in [-0.15, -0.1) is 0 Å². The van der Waals surface area contributed by atoms with E-state index < -0.39 is 17.2 Å². The van der Waals surface area contributed by atoms with Crippen molar-refractivity contribution in [3.63, 3.8) is 0 Å². The first-order chi connectivity index (χ1) is 15.8. The summed E-state index contributed by atoms with van der Waals surface area (Å²) in [5, 5.41) is 11.6. The van der Waals surface area contributed by atoms with E-state index in [1.807, 2.05) is 49.1 Å². The largest absolute Gasteiger partial charge is 0.384 e. The van der Waals surface area contributed by atoms with Gasteiger partial charge in [-0.2, -0.15) is 0 Å². The van der Waals surface area contributed by atoms with Gasteiger partial charge in [0.05, 0.1) is 11.5 Å². The van der Waals surface area contributed by atoms with Crippen molar-refractivity contribution < 1.29 is 18.7 Å². The SMILES string of the molecule is CCCN1C[C@@H](C(=O)N2C[C@@H](C)C(O)(c3ccccc3)[C@@H](C)C2)[C@H](c2ccc(F)cc2F)C1. The summed E-state index contributed by atoms with van der Waals surface area (Å²) < 4.78 is 28.2. The van der Waals surface area contributed by atoms with Crippen LogP contribution < -0.4 is 0 Å². The van der Waals surface area contributed by atoms with E-state index in [4.69, 9.17) is 0 Å². The van der Waals surface area contributed by atoms with Gasteiger partial charge in [0.25, 0.3) is 0 Å². The highest BCUT2D eigenvalue weighted by Crippen LogP contribution is 2.43. The molecule has 33 heavy (non-hydrogen) atoms. The standard InChI is InChI=1S/C27H34F2N2O2/c1-4-12-30-16-23(22-11-10-21(28)13-25(22)29)24(17-30)26(32)31-14-18(2)27(33,19(3)15-31)20-8-6-5-7-9-20/h5-11,13,18-19,23-24,33H,4,12,14-17H2,1-3H3/t18-,19+,23-,24+,27?/m0/s1. The fourth-order valence-corrected chi connectivity index (χ4v) is 5.94. The third-order valence-corrected chi connectivity index (χ3v) is 7.65. The van der Waals surface area contributed by atoms with E-state index in [1.165, 1.54) is 12.1 Å². The maximum Gasteiger partial charge on any atom is 0.227 e. The fraction of sp³-hybridized carbons (Fsp3) is 0.519. The van der Waals surface area contributed by atoms with Crippen LogP contribution in [0.3, 0.4) is 0 Å². The quantitative estimate of drug-likeness (QED) is 0.726. The van der Waals surface area contributed by atoms with Crippen molar-refractivity contribution in [2.24, 2.45) is 17.8 Å². The van der Waals surface area contributed by atoms with E-state index in [-0.39, 0.29) is 29.6 Å². The van der Waals surface area contributed by atoms with Crippen LogP contribution in [-0.4, -0.2) is 53.5 Å². The third-order valence-electron chi connectivity index (χ3n) is 7.65. The van der Waals surface area contributed by atoms with Gasteiger partial charge >= 0.3 is 0 Å². The number of likely N-dealkylation sites (tertiary alicyclic amines) is 2. The zero-order valence-electron chi connectivity index (χ0n) is 19.7. The number of hydrogen-bond donors (Lipinski definition) is 1. The molecule has 0 spiro atoms. The molecule has 178 valence electrons. The van der Waals surface area contributed by atoms with Crippen LogP contribution in [0.4, 0.5) is 8.78 Å². The molecule has 2 saturated heterocycles. The topological polar surface area (TPSA) is 43.8 Å². The lowest BCUT2D eigenvalue weighted by molar-refractivity contribution is -0.152. The number of carbonyl (C=O) groups excluding carboxylic acids is 1. The number of piperidine rings is 1. The van der Waals surface area contributed by atoms with E-state index in [0.717, 1.165) is 24.6 Å². The van der Waals surface area contributed by atoms with Gasteiger partial charge in [-0.25, -0.2) is 8.78 Å². The maximum absolute atomic E-state index is 14.7. The van der Waals surface area contributed by atoms with Gasteiger partial charge in [0.1, 0.15) is 11.6 Å². The average Bonchev–Trinajstić information content (AvgIpc) is 3.21. The lowest BCUT2D eigenvalue weighted by Crippen LogP contribution is -2.57. The molecule has 2 fully saturated rings. The average molecular weight is 457 g/mol. The van der Waals surface area contributed by atoms with Gasteiger partial charge in [-0.3, -0.25) is 4.79 Å². The first-order valence-electron chi connectivity index (χ1n) is 12.0. The smallest absolute Gasteiger partial charge is 0.227 e. The summed E-state index contributed by atoms with van der Waals surface area (Å²) in [5.74, 6) is -2.21. The minimum Gasteiger partial charge on any atom is -0.384 e. The molecule has 0 aliphatic carbocycles. The van der Waals surface area contributed by atoms with Gasteiger partial charge in [0.2, 0.25) is 5.91 Å². The molecular weight excluding hydrogens is 422 g/mol. The molecule has 4 rings (SSSR count). The molecule has 0 bridgehead atoms. The number of rotatable bonds is 5. The second-order valence-corrected chi connectivity index (χ2v) is 9.88. The van der Waals surface area contributed by atoms with Gasteiger partial charge in [-0.1, -0.05) is 57.2 Å². The van der Waals surface area contributed by atoms with Crippen molar-refractivity contribution in [3.05, 3.63) is 71.3 Å². The van der Waals surface area contributed by atoms with Gasteiger partial charge < -0.3 is 14.9 Å². The van der Waals surface area contributed by atoms with E-state index in [0.29, 0.717) is 31.7 Å². The minimum absolute atomic E-state index is 0.00357. The summed E-state index contributed by atoms with van der Waals surface area (Å²) in [6.45, 7) is 8.92. The van der Waals surface area contributed by atoms with E-state index in [9.17, 15) is 18.7 Å². The Bertz CT molecular complexity index is 971. The van der Waals surface area contributed by atoms with Crippen LogP contribution in [0.5, 0.6) is 0 Å². The highest BCUT2D eigenvalue weighted by molar-refractivity contribution is 5.81. The Morgan fingerprint density at radius 3 is 2.30 bits per heavy atom. The molecule has 2 aromatic carbocycles. The molecule has 1 unspecified atom stereocenters. The Labute approximate surface area is 195 Å². The number of amides is 1. The minimum atomic E-state index is -1.01. The summed E-state index contributed by atoms with van der Waals surface area (Å²) >= 11 is 0. The Balaban J connectivity index is 1.58. The first kappa shape index (κ1) is 23.8. The van der Waals surface area contributed by atoms with Crippen LogP contribution in [-0.2, 0) is 10.4 Å². The Kier molecular flexibility index (Phi) is 6.87. The van der Waals surface area contributed by atoms with Crippen LogP contribution in [0, 0.1) is 29.4 Å². The van der Waals surface area contributed by atoms with E-state index >= 15 is 0 Å². The number of aliphatic hydroxyl groups is 1. The molecule has 6 heteroatoms. The molecule has 1 N–H and O–H groups in total. The second-order valence-electron chi connectivity index (χ2n) is 9.88. The van der Waals surface area contributed by atoms with Crippen LogP contribution in [0.2, 0.25) is 0 Å². The summed E-state index contributed by atoms with van der Waals surface area (Å²) in [5.41, 5.74) is 0.273. The molecule has 2 heterocycles. The normalized spacial score (nSPS) is 30.5. The van der Waals surface area contributed by atoms with Crippen LogP contribution in [0.1, 0.15) is 44.2 Å². The maximum atomic E-state index is 14.7. The lowest BCUT2D eigenvalue weighted by Gasteiger charge is -2.48. The molecule has 1 amide bonds. The molecule has 2 aliphatic rings. The highest BCUT2D eigenvalue weighted by atomic mass is 19.1. The van der Waals surface area contributed by atoms with Gasteiger partial charge in [0, 0.05) is 50.0 Å². The first-order valence-corrected chi connectivity index (χ1v) is 12.0. The van der Waals surface area contributed by atoms with Crippen molar-refractivity contribution >= 4 is 5.91 Å². The molecular formula is C27H34F2N2O2. The Morgan fingerprint density at radius 1 is 1.03 bits per heavy atom. The highest BCUT2D eigenvalue weighted by Gasteiger charge is 2.49. The second kappa shape index (κ2) is 9.51. The molecule has 0 radical (unpaired) electrons.